The maximum absolute atomic E-state index is 11.6. The van der Waals surface area contributed by atoms with E-state index in [1.807, 2.05) is 19.1 Å². The fourth-order valence-corrected chi connectivity index (χ4v) is 3.45. The van der Waals surface area contributed by atoms with E-state index in [1.165, 1.54) is 11.8 Å². The lowest BCUT2D eigenvalue weighted by Gasteiger charge is -2.26. The molecule has 1 saturated heterocycles. The highest BCUT2D eigenvalue weighted by Gasteiger charge is 2.19. The number of carboxylic acids is 1. The topological polar surface area (TPSA) is 91.3 Å². The molecule has 7 nitrogen and oxygen atoms in total. The van der Waals surface area contributed by atoms with Crippen LogP contribution in [0.1, 0.15) is 28.7 Å². The number of ether oxygens (including phenoxy) is 1. The highest BCUT2D eigenvalue weighted by molar-refractivity contribution is 6.07. The summed E-state index contributed by atoms with van der Waals surface area (Å²) in [6, 6.07) is 8.16. The molecule has 4 rings (SSSR count). The Balaban J connectivity index is 1.78. The number of aryl methyl sites for hydroxylation is 1. The third-order valence-corrected chi connectivity index (χ3v) is 4.83. The molecular formula is C20H22N4O3. The van der Waals surface area contributed by atoms with Gasteiger partial charge in [0.2, 0.25) is 0 Å². The molecule has 0 amide bonds. The monoisotopic (exact) mass is 366 g/mol. The lowest BCUT2D eigenvalue weighted by atomic mass is 10.0. The largest absolute Gasteiger partial charge is 0.478 e. The first-order valence-corrected chi connectivity index (χ1v) is 9.16. The standard InChI is InChI=1S/C20H22N4O3/c1-2-16-22-18(17-15(20(25)26)11-21-19(17)23-16)14-5-3-4-13(10-14)12-24-6-8-27-9-7-24/h3-5,10-11H,2,6-9,12H2,1H3,(H,25,26)(H,21,22,23). The Bertz CT molecular complexity index is 977. The Morgan fingerprint density at radius 3 is 2.85 bits per heavy atom. The van der Waals surface area contributed by atoms with Crippen LogP contribution < -0.4 is 0 Å². The Morgan fingerprint density at radius 1 is 1.30 bits per heavy atom. The number of aromatic nitrogens is 3. The van der Waals surface area contributed by atoms with Crippen molar-refractivity contribution >= 4 is 17.0 Å². The molecule has 1 aromatic carbocycles. The molecule has 3 aromatic rings. The highest BCUT2D eigenvalue weighted by atomic mass is 16.5. The fraction of sp³-hybridized carbons (Fsp3) is 0.350. The van der Waals surface area contributed by atoms with E-state index < -0.39 is 5.97 Å². The highest BCUT2D eigenvalue weighted by Crippen LogP contribution is 2.30. The molecule has 0 radical (unpaired) electrons. The third kappa shape index (κ3) is 3.56. The van der Waals surface area contributed by atoms with E-state index in [-0.39, 0.29) is 5.56 Å². The summed E-state index contributed by atoms with van der Waals surface area (Å²) < 4.78 is 5.41. The summed E-state index contributed by atoms with van der Waals surface area (Å²) >= 11 is 0. The summed E-state index contributed by atoms with van der Waals surface area (Å²) in [6.07, 6.45) is 2.17. The number of carbonyl (C=O) groups is 1. The summed E-state index contributed by atoms with van der Waals surface area (Å²) in [5, 5.41) is 10.1. The zero-order valence-electron chi connectivity index (χ0n) is 15.2. The van der Waals surface area contributed by atoms with Gasteiger partial charge in [-0.15, -0.1) is 0 Å². The maximum Gasteiger partial charge on any atom is 0.338 e. The average molecular weight is 366 g/mol. The summed E-state index contributed by atoms with van der Waals surface area (Å²) in [4.78, 5) is 26.1. The molecule has 140 valence electrons. The summed E-state index contributed by atoms with van der Waals surface area (Å²) in [7, 11) is 0. The van der Waals surface area contributed by atoms with Crippen molar-refractivity contribution in [3.05, 3.63) is 47.4 Å². The zero-order valence-corrected chi connectivity index (χ0v) is 15.2. The predicted molar refractivity (Wildman–Crippen MR) is 102 cm³/mol. The van der Waals surface area contributed by atoms with Crippen LogP contribution in [0.25, 0.3) is 22.3 Å². The van der Waals surface area contributed by atoms with Crippen molar-refractivity contribution < 1.29 is 14.6 Å². The van der Waals surface area contributed by atoms with E-state index in [0.29, 0.717) is 29.0 Å². The smallest absolute Gasteiger partial charge is 0.338 e. The van der Waals surface area contributed by atoms with Crippen LogP contribution in [0.3, 0.4) is 0 Å². The van der Waals surface area contributed by atoms with Gasteiger partial charge in [0, 0.05) is 37.8 Å². The number of rotatable bonds is 5. The minimum absolute atomic E-state index is 0.196. The number of hydrogen-bond acceptors (Lipinski definition) is 5. The number of benzene rings is 1. The molecule has 7 heteroatoms. The number of H-pyrrole nitrogens is 1. The van der Waals surface area contributed by atoms with Crippen LogP contribution in [0.4, 0.5) is 0 Å². The molecule has 2 aromatic heterocycles. The first kappa shape index (κ1) is 17.6. The van der Waals surface area contributed by atoms with E-state index in [9.17, 15) is 9.90 Å². The van der Waals surface area contributed by atoms with Crippen molar-refractivity contribution in [2.75, 3.05) is 26.3 Å². The minimum atomic E-state index is -0.986. The second-order valence-corrected chi connectivity index (χ2v) is 6.66. The van der Waals surface area contributed by atoms with E-state index in [2.05, 4.69) is 32.0 Å². The second-order valence-electron chi connectivity index (χ2n) is 6.66. The molecule has 1 fully saturated rings. The Hall–Kier alpha value is -2.77. The lowest BCUT2D eigenvalue weighted by molar-refractivity contribution is 0.0342. The van der Waals surface area contributed by atoms with Gasteiger partial charge in [0.1, 0.15) is 11.5 Å². The van der Waals surface area contributed by atoms with Crippen molar-refractivity contribution in [3.8, 4) is 11.3 Å². The Kier molecular flexibility index (Phi) is 4.87. The van der Waals surface area contributed by atoms with Crippen molar-refractivity contribution in [2.45, 2.75) is 19.9 Å². The number of aromatic carboxylic acids is 1. The summed E-state index contributed by atoms with van der Waals surface area (Å²) in [6.45, 7) is 6.19. The SMILES string of the molecule is CCc1nc(-c2cccc(CN3CCOCC3)c2)c2c(C(=O)O)c[nH]c2n1. The number of hydrogen-bond donors (Lipinski definition) is 2. The molecule has 0 saturated carbocycles. The van der Waals surface area contributed by atoms with Gasteiger partial charge in [-0.25, -0.2) is 14.8 Å². The van der Waals surface area contributed by atoms with Crippen molar-refractivity contribution in [1.82, 2.24) is 19.9 Å². The number of carboxylic acid groups (broad SMARTS) is 1. The van der Waals surface area contributed by atoms with E-state index in [0.717, 1.165) is 38.4 Å². The Morgan fingerprint density at radius 2 is 2.11 bits per heavy atom. The average Bonchev–Trinajstić information content (AvgIpc) is 3.12. The summed E-state index contributed by atoms with van der Waals surface area (Å²) in [5.74, 6) is -0.297. The van der Waals surface area contributed by atoms with Crippen LogP contribution in [-0.2, 0) is 17.7 Å². The van der Waals surface area contributed by atoms with Gasteiger partial charge in [0.25, 0.3) is 0 Å². The minimum Gasteiger partial charge on any atom is -0.478 e. The molecular weight excluding hydrogens is 344 g/mol. The first-order valence-electron chi connectivity index (χ1n) is 9.16. The first-order chi connectivity index (χ1) is 13.2. The van der Waals surface area contributed by atoms with Crippen molar-refractivity contribution in [2.24, 2.45) is 0 Å². The van der Waals surface area contributed by atoms with Gasteiger partial charge in [-0.3, -0.25) is 4.90 Å². The number of aromatic amines is 1. The zero-order chi connectivity index (χ0) is 18.8. The van der Waals surface area contributed by atoms with Gasteiger partial charge in [-0.05, 0) is 11.6 Å². The molecule has 3 heterocycles. The molecule has 0 spiro atoms. The summed E-state index contributed by atoms with van der Waals surface area (Å²) in [5.41, 5.74) is 3.50. The van der Waals surface area contributed by atoms with Crippen LogP contribution in [0.2, 0.25) is 0 Å². The van der Waals surface area contributed by atoms with E-state index in [1.54, 1.807) is 0 Å². The molecule has 0 bridgehead atoms. The molecule has 1 aliphatic rings. The fourth-order valence-electron chi connectivity index (χ4n) is 3.45. The van der Waals surface area contributed by atoms with Gasteiger partial charge in [0.05, 0.1) is 29.9 Å². The number of morpholine rings is 1. The van der Waals surface area contributed by atoms with Gasteiger partial charge in [-0.2, -0.15) is 0 Å². The van der Waals surface area contributed by atoms with Crippen LogP contribution in [0.15, 0.2) is 30.5 Å². The Labute approximate surface area is 157 Å². The molecule has 0 aliphatic carbocycles. The van der Waals surface area contributed by atoms with Crippen LogP contribution in [0.5, 0.6) is 0 Å². The molecule has 2 N–H and O–H groups in total. The maximum atomic E-state index is 11.6. The number of nitrogens with zero attached hydrogens (tertiary/aromatic N) is 3. The predicted octanol–water partition coefficient (Wildman–Crippen LogP) is 2.72. The second kappa shape index (κ2) is 7.46. The molecule has 0 unspecified atom stereocenters. The number of fused-ring (bicyclic) bond motifs is 1. The quantitative estimate of drug-likeness (QED) is 0.721. The van der Waals surface area contributed by atoms with Gasteiger partial charge in [-0.1, -0.05) is 25.1 Å². The van der Waals surface area contributed by atoms with Crippen LogP contribution in [-0.4, -0.2) is 57.2 Å². The molecule has 27 heavy (non-hydrogen) atoms. The van der Waals surface area contributed by atoms with E-state index in [4.69, 9.17) is 4.74 Å². The lowest BCUT2D eigenvalue weighted by Crippen LogP contribution is -2.35. The third-order valence-electron chi connectivity index (χ3n) is 4.83. The van der Waals surface area contributed by atoms with E-state index >= 15 is 0 Å². The van der Waals surface area contributed by atoms with Gasteiger partial charge >= 0.3 is 5.97 Å². The molecule has 0 atom stereocenters. The van der Waals surface area contributed by atoms with Crippen LogP contribution >= 0.6 is 0 Å². The van der Waals surface area contributed by atoms with Gasteiger partial charge < -0.3 is 14.8 Å². The van der Waals surface area contributed by atoms with Crippen molar-refractivity contribution in [3.63, 3.8) is 0 Å². The van der Waals surface area contributed by atoms with Gasteiger partial charge in [0.15, 0.2) is 0 Å². The number of nitrogens with one attached hydrogen (secondary N) is 1. The normalized spacial score (nSPS) is 15.3. The molecule has 1 aliphatic heterocycles. The van der Waals surface area contributed by atoms with Crippen LogP contribution in [0, 0.1) is 0 Å². The van der Waals surface area contributed by atoms with Crippen molar-refractivity contribution in [1.29, 1.82) is 0 Å².